The van der Waals surface area contributed by atoms with Crippen molar-refractivity contribution in [3.63, 3.8) is 0 Å². The van der Waals surface area contributed by atoms with E-state index < -0.39 is 0 Å². The number of aromatic nitrogens is 2. The van der Waals surface area contributed by atoms with Gasteiger partial charge in [0.05, 0.1) is 17.7 Å². The highest BCUT2D eigenvalue weighted by molar-refractivity contribution is 5.78. The molecule has 0 atom stereocenters. The number of hydrogen-bond acceptors (Lipinski definition) is 6. The standard InChI is InChI=1S/C24H19N5O/c1-15-13-19-6-5-18(9-11-25)22(19)16(2)23(15)30-21-10-12-27-24(29-21)28-20-7-3-17(14-26)4-8-20/h3-4,7-10,12-13H,5-6H2,1-2H3,(H,27,28,29)/b18-9-. The number of benzene rings is 2. The highest BCUT2D eigenvalue weighted by atomic mass is 16.5. The first kappa shape index (κ1) is 19.2. The molecule has 0 bridgehead atoms. The molecule has 1 aliphatic carbocycles. The molecule has 1 N–H and O–H groups in total. The Labute approximate surface area is 175 Å². The largest absolute Gasteiger partial charge is 0.438 e. The Kier molecular flexibility index (Phi) is 5.15. The summed E-state index contributed by atoms with van der Waals surface area (Å²) in [6.07, 6.45) is 5.07. The summed E-state index contributed by atoms with van der Waals surface area (Å²) >= 11 is 0. The fourth-order valence-electron chi connectivity index (χ4n) is 3.79. The van der Waals surface area contributed by atoms with Crippen LogP contribution in [0.2, 0.25) is 0 Å². The van der Waals surface area contributed by atoms with Gasteiger partial charge in [-0.1, -0.05) is 6.07 Å². The topological polar surface area (TPSA) is 94.6 Å². The van der Waals surface area contributed by atoms with Crippen LogP contribution in [0.4, 0.5) is 11.6 Å². The fraction of sp³-hybridized carbons (Fsp3) is 0.167. The van der Waals surface area contributed by atoms with Crippen LogP contribution in [0.25, 0.3) is 5.57 Å². The monoisotopic (exact) mass is 393 g/mol. The van der Waals surface area contributed by atoms with Gasteiger partial charge in [0, 0.05) is 24.0 Å². The van der Waals surface area contributed by atoms with E-state index in [4.69, 9.17) is 15.3 Å². The second kappa shape index (κ2) is 8.06. The summed E-state index contributed by atoms with van der Waals surface area (Å²) in [6, 6.07) is 15.1. The van der Waals surface area contributed by atoms with E-state index in [1.54, 1.807) is 42.6 Å². The normalized spacial score (nSPS) is 13.4. The first-order valence-corrected chi connectivity index (χ1v) is 9.59. The Bertz CT molecular complexity index is 1230. The molecule has 0 radical (unpaired) electrons. The number of nitriles is 2. The van der Waals surface area contributed by atoms with E-state index in [1.807, 2.05) is 13.8 Å². The second-order valence-corrected chi connectivity index (χ2v) is 7.12. The van der Waals surface area contributed by atoms with Crippen molar-refractivity contribution in [2.24, 2.45) is 0 Å². The van der Waals surface area contributed by atoms with Gasteiger partial charge in [0.25, 0.3) is 0 Å². The molecule has 0 aliphatic heterocycles. The van der Waals surface area contributed by atoms with Gasteiger partial charge in [-0.05, 0) is 78.8 Å². The molecule has 1 aromatic heterocycles. The van der Waals surface area contributed by atoms with Crippen LogP contribution in [0.5, 0.6) is 11.6 Å². The van der Waals surface area contributed by atoms with Gasteiger partial charge >= 0.3 is 0 Å². The molecule has 0 spiro atoms. The maximum Gasteiger partial charge on any atom is 0.230 e. The molecule has 1 aliphatic rings. The Hall–Kier alpha value is -4.16. The van der Waals surface area contributed by atoms with Crippen LogP contribution in [-0.4, -0.2) is 9.97 Å². The van der Waals surface area contributed by atoms with E-state index in [1.165, 1.54) is 5.56 Å². The Morgan fingerprint density at radius 1 is 1.10 bits per heavy atom. The maximum atomic E-state index is 9.09. The SMILES string of the molecule is Cc1cc2c(c(C)c1Oc1ccnc(Nc3ccc(C#N)cc3)n1)/C(=C\C#N)CC2. The summed E-state index contributed by atoms with van der Waals surface area (Å²) in [6.45, 7) is 4.04. The van der Waals surface area contributed by atoms with Crippen LogP contribution < -0.4 is 10.1 Å². The average Bonchev–Trinajstić information content (AvgIpc) is 3.15. The lowest BCUT2D eigenvalue weighted by Crippen LogP contribution is -2.01. The number of rotatable bonds is 4. The van der Waals surface area contributed by atoms with Crippen molar-refractivity contribution in [2.45, 2.75) is 26.7 Å². The summed E-state index contributed by atoms with van der Waals surface area (Å²) in [5, 5.41) is 21.1. The van der Waals surface area contributed by atoms with Crippen molar-refractivity contribution in [3.05, 3.63) is 76.5 Å². The van der Waals surface area contributed by atoms with Crippen LogP contribution in [0, 0.1) is 36.5 Å². The van der Waals surface area contributed by atoms with Crippen molar-refractivity contribution >= 4 is 17.2 Å². The second-order valence-electron chi connectivity index (χ2n) is 7.12. The molecule has 0 amide bonds. The number of aryl methyl sites for hydroxylation is 2. The third kappa shape index (κ3) is 3.72. The van der Waals surface area contributed by atoms with Gasteiger partial charge in [-0.3, -0.25) is 0 Å². The minimum atomic E-state index is 0.402. The number of anilines is 2. The van der Waals surface area contributed by atoms with E-state index in [-0.39, 0.29) is 0 Å². The zero-order valence-electron chi connectivity index (χ0n) is 16.7. The number of nitrogens with one attached hydrogen (secondary N) is 1. The summed E-state index contributed by atoms with van der Waals surface area (Å²) in [4.78, 5) is 8.71. The van der Waals surface area contributed by atoms with Gasteiger partial charge in [0.2, 0.25) is 11.8 Å². The van der Waals surface area contributed by atoms with E-state index in [0.717, 1.165) is 46.5 Å². The molecule has 1 heterocycles. The van der Waals surface area contributed by atoms with E-state index in [2.05, 4.69) is 33.5 Å². The van der Waals surface area contributed by atoms with E-state index >= 15 is 0 Å². The molecule has 6 heteroatoms. The first-order chi connectivity index (χ1) is 14.6. The van der Waals surface area contributed by atoms with Crippen LogP contribution in [0.15, 0.2) is 48.7 Å². The summed E-state index contributed by atoms with van der Waals surface area (Å²) in [5.41, 5.74) is 6.84. The smallest absolute Gasteiger partial charge is 0.230 e. The molecule has 2 aromatic carbocycles. The lowest BCUT2D eigenvalue weighted by atomic mass is 9.97. The maximum absolute atomic E-state index is 9.09. The number of nitrogens with zero attached hydrogens (tertiary/aromatic N) is 4. The Morgan fingerprint density at radius 2 is 1.90 bits per heavy atom. The molecule has 0 saturated heterocycles. The van der Waals surface area contributed by atoms with Gasteiger partial charge in [-0.2, -0.15) is 15.5 Å². The van der Waals surface area contributed by atoms with Gasteiger partial charge in [0.1, 0.15) is 5.75 Å². The minimum absolute atomic E-state index is 0.402. The summed E-state index contributed by atoms with van der Waals surface area (Å²) < 4.78 is 6.16. The zero-order chi connectivity index (χ0) is 21.1. The molecular formula is C24H19N5O. The van der Waals surface area contributed by atoms with Crippen molar-refractivity contribution in [2.75, 3.05) is 5.32 Å². The van der Waals surface area contributed by atoms with Gasteiger partial charge in [-0.25, -0.2) is 4.98 Å². The predicted molar refractivity (Wildman–Crippen MR) is 114 cm³/mol. The minimum Gasteiger partial charge on any atom is -0.438 e. The van der Waals surface area contributed by atoms with E-state index in [0.29, 0.717) is 17.4 Å². The van der Waals surface area contributed by atoms with Gasteiger partial charge in [-0.15, -0.1) is 0 Å². The lowest BCUT2D eigenvalue weighted by molar-refractivity contribution is 0.455. The third-order valence-electron chi connectivity index (χ3n) is 5.12. The Balaban J connectivity index is 1.62. The van der Waals surface area contributed by atoms with Crippen LogP contribution in [0.3, 0.4) is 0 Å². The first-order valence-electron chi connectivity index (χ1n) is 9.59. The quantitative estimate of drug-likeness (QED) is 0.600. The van der Waals surface area contributed by atoms with Crippen molar-refractivity contribution < 1.29 is 4.74 Å². The summed E-state index contributed by atoms with van der Waals surface area (Å²) in [5.74, 6) is 1.58. The third-order valence-corrected chi connectivity index (χ3v) is 5.12. The van der Waals surface area contributed by atoms with Crippen LogP contribution in [-0.2, 0) is 6.42 Å². The van der Waals surface area contributed by atoms with Crippen molar-refractivity contribution in [3.8, 4) is 23.8 Å². The highest BCUT2D eigenvalue weighted by Crippen LogP contribution is 2.41. The van der Waals surface area contributed by atoms with Gasteiger partial charge in [0.15, 0.2) is 0 Å². The van der Waals surface area contributed by atoms with Crippen molar-refractivity contribution in [1.29, 1.82) is 10.5 Å². The molecule has 0 unspecified atom stereocenters. The zero-order valence-corrected chi connectivity index (χ0v) is 16.7. The number of hydrogen-bond donors (Lipinski definition) is 1. The molecule has 0 fully saturated rings. The molecule has 30 heavy (non-hydrogen) atoms. The van der Waals surface area contributed by atoms with E-state index in [9.17, 15) is 0 Å². The Morgan fingerprint density at radius 3 is 2.63 bits per heavy atom. The van der Waals surface area contributed by atoms with Crippen LogP contribution >= 0.6 is 0 Å². The molecule has 4 rings (SSSR count). The van der Waals surface area contributed by atoms with Gasteiger partial charge < -0.3 is 10.1 Å². The lowest BCUT2D eigenvalue weighted by Gasteiger charge is -2.16. The predicted octanol–water partition coefficient (Wildman–Crippen LogP) is 5.35. The van der Waals surface area contributed by atoms with Crippen molar-refractivity contribution in [1.82, 2.24) is 9.97 Å². The highest BCUT2D eigenvalue weighted by Gasteiger charge is 2.23. The fourth-order valence-corrected chi connectivity index (χ4v) is 3.79. The molecular weight excluding hydrogens is 374 g/mol. The number of ether oxygens (including phenoxy) is 1. The molecule has 3 aromatic rings. The number of allylic oxidation sites excluding steroid dienone is 2. The molecule has 146 valence electrons. The average molecular weight is 393 g/mol. The molecule has 6 nitrogen and oxygen atoms in total. The number of fused-ring (bicyclic) bond motifs is 1. The molecule has 0 saturated carbocycles. The summed E-state index contributed by atoms with van der Waals surface area (Å²) in [7, 11) is 0. The van der Waals surface area contributed by atoms with Crippen LogP contribution in [0.1, 0.15) is 34.2 Å².